The van der Waals surface area contributed by atoms with Gasteiger partial charge in [-0.25, -0.2) is 4.98 Å². The zero-order valence-electron chi connectivity index (χ0n) is 16.7. The Bertz CT molecular complexity index is 1200. The van der Waals surface area contributed by atoms with E-state index in [4.69, 9.17) is 0 Å². The van der Waals surface area contributed by atoms with Gasteiger partial charge in [0, 0.05) is 29.6 Å². The van der Waals surface area contributed by atoms with Crippen LogP contribution in [-0.2, 0) is 0 Å². The lowest BCUT2D eigenvalue weighted by Crippen LogP contribution is -2.31. The van der Waals surface area contributed by atoms with Crippen LogP contribution in [-0.4, -0.2) is 40.7 Å². The van der Waals surface area contributed by atoms with Gasteiger partial charge in [-0.1, -0.05) is 42.5 Å². The van der Waals surface area contributed by atoms with E-state index in [1.165, 1.54) is 34.4 Å². The van der Waals surface area contributed by atoms with Gasteiger partial charge in [-0.15, -0.1) is 24.5 Å². The van der Waals surface area contributed by atoms with Crippen molar-refractivity contribution in [2.45, 2.75) is 0 Å². The van der Waals surface area contributed by atoms with Gasteiger partial charge in [0.2, 0.25) is 0 Å². The van der Waals surface area contributed by atoms with Gasteiger partial charge < -0.3 is 0 Å². The lowest BCUT2D eigenvalue weighted by molar-refractivity contribution is 0.0672. The fraction of sp³-hybridized carbons (Fsp3) is 0.0833. The number of anilines is 1. The molecule has 1 aliphatic heterocycles. The number of thiazole rings is 1. The molecule has 0 spiro atoms. The number of amides is 3. The monoisotopic (exact) mass is 429 g/mol. The molecule has 3 amide bonds. The minimum Gasteiger partial charge on any atom is -0.280 e. The Hall–Kier alpha value is -3.84. The molecule has 0 saturated heterocycles. The van der Waals surface area contributed by atoms with Crippen molar-refractivity contribution >= 4 is 34.2 Å². The second kappa shape index (κ2) is 8.49. The van der Waals surface area contributed by atoms with E-state index < -0.39 is 5.91 Å². The Labute approximate surface area is 183 Å². The lowest BCUT2D eigenvalue weighted by atomic mass is 10.0. The van der Waals surface area contributed by atoms with E-state index in [-0.39, 0.29) is 30.5 Å². The summed E-state index contributed by atoms with van der Waals surface area (Å²) in [4.78, 5) is 45.6. The minimum atomic E-state index is -0.426. The number of nitrogens with zero attached hydrogens (tertiary/aromatic N) is 3. The summed E-state index contributed by atoms with van der Waals surface area (Å²) in [5, 5.41) is 2.42. The molecule has 0 N–H and O–H groups in total. The average molecular weight is 430 g/mol. The first-order valence-electron chi connectivity index (χ1n) is 9.60. The molecule has 4 rings (SSSR count). The third-order valence-corrected chi connectivity index (χ3v) is 5.74. The van der Waals surface area contributed by atoms with Crippen LogP contribution in [0.15, 0.2) is 79.2 Å². The number of aromatic nitrogens is 1. The van der Waals surface area contributed by atoms with E-state index in [9.17, 15) is 14.4 Å². The molecule has 3 aromatic rings. The van der Waals surface area contributed by atoms with Crippen LogP contribution in [0.3, 0.4) is 0 Å². The largest absolute Gasteiger partial charge is 0.280 e. The zero-order valence-corrected chi connectivity index (χ0v) is 17.5. The standard InChI is InChI=1S/C24H19N3O3S/c1-3-12-26-22(29)18-11-10-17(14-19(18)23(26)30)21(28)27(13-4-2)24-25-20(15-31-24)16-8-6-5-7-9-16/h3-11,14-15H,1-2,12-13H2. The van der Waals surface area contributed by atoms with E-state index in [1.54, 1.807) is 12.1 Å². The fourth-order valence-corrected chi connectivity index (χ4v) is 4.22. The Morgan fingerprint density at radius 1 is 1.03 bits per heavy atom. The Morgan fingerprint density at radius 2 is 1.77 bits per heavy atom. The molecule has 2 aromatic carbocycles. The fourth-order valence-electron chi connectivity index (χ4n) is 3.38. The summed E-state index contributed by atoms with van der Waals surface area (Å²) in [5.74, 6) is -1.13. The maximum Gasteiger partial charge on any atom is 0.261 e. The van der Waals surface area contributed by atoms with E-state index in [2.05, 4.69) is 18.1 Å². The molecule has 0 atom stereocenters. The maximum absolute atomic E-state index is 13.3. The number of benzene rings is 2. The van der Waals surface area contributed by atoms with Crippen LogP contribution < -0.4 is 4.90 Å². The van der Waals surface area contributed by atoms with Crippen molar-refractivity contribution in [3.05, 3.63) is 95.9 Å². The summed E-state index contributed by atoms with van der Waals surface area (Å²) in [6.45, 7) is 7.71. The molecule has 2 heterocycles. The maximum atomic E-state index is 13.3. The molecule has 0 bridgehead atoms. The molecular formula is C24H19N3O3S. The van der Waals surface area contributed by atoms with Crippen molar-refractivity contribution in [1.82, 2.24) is 9.88 Å². The number of imide groups is 1. The smallest absolute Gasteiger partial charge is 0.261 e. The predicted molar refractivity (Wildman–Crippen MR) is 121 cm³/mol. The average Bonchev–Trinajstić information content (AvgIpc) is 3.37. The summed E-state index contributed by atoms with van der Waals surface area (Å²) >= 11 is 1.35. The van der Waals surface area contributed by atoms with Gasteiger partial charge >= 0.3 is 0 Å². The topological polar surface area (TPSA) is 70.6 Å². The van der Waals surface area contributed by atoms with Crippen molar-refractivity contribution < 1.29 is 14.4 Å². The molecular weight excluding hydrogens is 410 g/mol. The molecule has 154 valence electrons. The van der Waals surface area contributed by atoms with Crippen molar-refractivity contribution in [2.75, 3.05) is 18.0 Å². The first-order valence-corrected chi connectivity index (χ1v) is 10.5. The molecule has 0 aliphatic carbocycles. The van der Waals surface area contributed by atoms with E-state index in [0.717, 1.165) is 16.2 Å². The molecule has 0 radical (unpaired) electrons. The number of fused-ring (bicyclic) bond motifs is 1. The number of hydrogen-bond donors (Lipinski definition) is 0. The quantitative estimate of drug-likeness (QED) is 0.412. The predicted octanol–water partition coefficient (Wildman–Crippen LogP) is 4.42. The van der Waals surface area contributed by atoms with Gasteiger partial charge in [-0.05, 0) is 18.2 Å². The summed E-state index contributed by atoms with van der Waals surface area (Å²) in [5.41, 5.74) is 2.55. The molecule has 0 unspecified atom stereocenters. The summed E-state index contributed by atoms with van der Waals surface area (Å²) in [6.07, 6.45) is 3.11. The minimum absolute atomic E-state index is 0.125. The van der Waals surface area contributed by atoms with Crippen LogP contribution in [0.4, 0.5) is 5.13 Å². The number of carbonyl (C=O) groups is 3. The normalized spacial score (nSPS) is 12.6. The molecule has 0 saturated carbocycles. The van der Waals surface area contributed by atoms with E-state index in [0.29, 0.717) is 16.3 Å². The molecule has 1 aromatic heterocycles. The van der Waals surface area contributed by atoms with Crippen molar-refractivity contribution in [2.24, 2.45) is 0 Å². The van der Waals surface area contributed by atoms with Gasteiger partial charge in [0.1, 0.15) is 0 Å². The van der Waals surface area contributed by atoms with Gasteiger partial charge in [0.05, 0.1) is 16.8 Å². The molecule has 1 aliphatic rings. The van der Waals surface area contributed by atoms with Crippen LogP contribution in [0, 0.1) is 0 Å². The third-order valence-electron chi connectivity index (χ3n) is 4.88. The van der Waals surface area contributed by atoms with Gasteiger partial charge in [0.15, 0.2) is 5.13 Å². The highest BCUT2D eigenvalue weighted by Gasteiger charge is 2.35. The van der Waals surface area contributed by atoms with Crippen molar-refractivity contribution in [1.29, 1.82) is 0 Å². The summed E-state index contributed by atoms with van der Waals surface area (Å²) in [6, 6.07) is 14.3. The second-order valence-corrected chi connectivity index (χ2v) is 7.69. The molecule has 0 fully saturated rings. The van der Waals surface area contributed by atoms with Crippen molar-refractivity contribution in [3.8, 4) is 11.3 Å². The highest BCUT2D eigenvalue weighted by molar-refractivity contribution is 7.14. The van der Waals surface area contributed by atoms with Gasteiger partial charge in [0.25, 0.3) is 17.7 Å². The number of rotatable bonds is 7. The molecule has 6 nitrogen and oxygen atoms in total. The number of hydrogen-bond acceptors (Lipinski definition) is 5. The highest BCUT2D eigenvalue weighted by Crippen LogP contribution is 2.30. The van der Waals surface area contributed by atoms with Crippen LogP contribution >= 0.6 is 11.3 Å². The van der Waals surface area contributed by atoms with Gasteiger partial charge in [-0.3, -0.25) is 24.2 Å². The summed E-state index contributed by atoms with van der Waals surface area (Å²) < 4.78 is 0. The zero-order chi connectivity index (χ0) is 22.0. The molecule has 7 heteroatoms. The summed E-state index contributed by atoms with van der Waals surface area (Å²) in [7, 11) is 0. The van der Waals surface area contributed by atoms with Gasteiger partial charge in [-0.2, -0.15) is 0 Å². The van der Waals surface area contributed by atoms with Crippen molar-refractivity contribution in [3.63, 3.8) is 0 Å². The van der Waals surface area contributed by atoms with Crippen LogP contribution in [0.2, 0.25) is 0 Å². The second-order valence-electron chi connectivity index (χ2n) is 6.86. The van der Waals surface area contributed by atoms with Crippen LogP contribution in [0.25, 0.3) is 11.3 Å². The van der Waals surface area contributed by atoms with E-state index in [1.807, 2.05) is 35.7 Å². The Kier molecular flexibility index (Phi) is 5.60. The third kappa shape index (κ3) is 3.71. The number of carbonyl (C=O) groups excluding carboxylic acids is 3. The first kappa shape index (κ1) is 20.4. The lowest BCUT2D eigenvalue weighted by Gasteiger charge is -2.18. The Balaban J connectivity index is 1.66. The first-order chi connectivity index (χ1) is 15.0. The Morgan fingerprint density at radius 3 is 2.48 bits per heavy atom. The van der Waals surface area contributed by atoms with E-state index >= 15 is 0 Å². The van der Waals surface area contributed by atoms with Crippen LogP contribution in [0.5, 0.6) is 0 Å². The molecule has 31 heavy (non-hydrogen) atoms. The highest BCUT2D eigenvalue weighted by atomic mass is 32.1. The SMILES string of the molecule is C=CCN1C(=O)c2ccc(C(=O)N(CC=C)c3nc(-c4ccccc4)cs3)cc2C1=O. The van der Waals surface area contributed by atoms with Crippen LogP contribution in [0.1, 0.15) is 31.1 Å².